The SMILES string of the molecule is CC(C(=O)NC1CNCCC1C)c1cccnc1.Cl.Cl. The first-order valence-electron chi connectivity index (χ1n) is 6.59. The Bertz CT molecular complexity index is 403. The molecule has 0 bridgehead atoms. The van der Waals surface area contributed by atoms with E-state index >= 15 is 0 Å². The summed E-state index contributed by atoms with van der Waals surface area (Å²) in [4.78, 5) is 16.2. The molecule has 6 heteroatoms. The van der Waals surface area contributed by atoms with Crippen LogP contribution >= 0.6 is 24.8 Å². The molecule has 0 aromatic carbocycles. The van der Waals surface area contributed by atoms with Gasteiger partial charge in [-0.15, -0.1) is 24.8 Å². The van der Waals surface area contributed by atoms with Crippen LogP contribution in [0.5, 0.6) is 0 Å². The Kier molecular flexibility index (Phi) is 8.78. The quantitative estimate of drug-likeness (QED) is 0.897. The van der Waals surface area contributed by atoms with Crippen LogP contribution in [0.2, 0.25) is 0 Å². The Morgan fingerprint density at radius 3 is 2.85 bits per heavy atom. The minimum Gasteiger partial charge on any atom is -0.351 e. The van der Waals surface area contributed by atoms with Crippen LogP contribution in [0.3, 0.4) is 0 Å². The number of hydrogen-bond donors (Lipinski definition) is 2. The van der Waals surface area contributed by atoms with Crippen LogP contribution < -0.4 is 10.6 Å². The van der Waals surface area contributed by atoms with Gasteiger partial charge in [0.1, 0.15) is 0 Å². The van der Waals surface area contributed by atoms with Crippen molar-refractivity contribution in [2.45, 2.75) is 32.2 Å². The van der Waals surface area contributed by atoms with Crippen molar-refractivity contribution < 1.29 is 4.79 Å². The van der Waals surface area contributed by atoms with Crippen LogP contribution in [0.25, 0.3) is 0 Å². The molecule has 114 valence electrons. The molecule has 0 aliphatic carbocycles. The fourth-order valence-corrected chi connectivity index (χ4v) is 2.27. The van der Waals surface area contributed by atoms with Crippen molar-refractivity contribution in [3.63, 3.8) is 0 Å². The smallest absolute Gasteiger partial charge is 0.227 e. The summed E-state index contributed by atoms with van der Waals surface area (Å²) < 4.78 is 0. The predicted octanol–water partition coefficient (Wildman–Crippen LogP) is 2.14. The maximum Gasteiger partial charge on any atom is 0.227 e. The summed E-state index contributed by atoms with van der Waals surface area (Å²) in [6, 6.07) is 4.05. The molecule has 1 saturated heterocycles. The van der Waals surface area contributed by atoms with Gasteiger partial charge in [0.15, 0.2) is 0 Å². The van der Waals surface area contributed by atoms with E-state index in [1.807, 2.05) is 19.1 Å². The van der Waals surface area contributed by atoms with E-state index in [9.17, 15) is 4.79 Å². The first-order valence-corrected chi connectivity index (χ1v) is 6.59. The van der Waals surface area contributed by atoms with E-state index in [1.165, 1.54) is 0 Å². The molecular weight excluding hydrogens is 297 g/mol. The summed E-state index contributed by atoms with van der Waals surface area (Å²) in [6.07, 6.45) is 4.60. The van der Waals surface area contributed by atoms with Gasteiger partial charge in [-0.05, 0) is 37.4 Å². The van der Waals surface area contributed by atoms with E-state index in [4.69, 9.17) is 0 Å². The number of pyridine rings is 1. The first-order chi connectivity index (χ1) is 8.68. The number of rotatable bonds is 3. The third kappa shape index (κ3) is 4.93. The van der Waals surface area contributed by atoms with Crippen LogP contribution in [-0.2, 0) is 4.79 Å². The highest BCUT2D eigenvalue weighted by molar-refractivity contribution is 5.85. The van der Waals surface area contributed by atoms with Crippen LogP contribution in [0.1, 0.15) is 31.7 Å². The van der Waals surface area contributed by atoms with Crippen molar-refractivity contribution in [2.24, 2.45) is 5.92 Å². The normalized spacial score (nSPS) is 22.9. The zero-order valence-corrected chi connectivity index (χ0v) is 13.5. The number of aromatic nitrogens is 1. The number of nitrogens with zero attached hydrogens (tertiary/aromatic N) is 1. The standard InChI is InChI=1S/C14H21N3O.2ClH/c1-10-5-7-16-9-13(10)17-14(18)11(2)12-4-3-6-15-8-12;;/h3-4,6,8,10-11,13,16H,5,7,9H2,1-2H3,(H,17,18);2*1H. The van der Waals surface area contributed by atoms with Crippen molar-refractivity contribution >= 4 is 30.7 Å². The molecule has 3 unspecified atom stereocenters. The Balaban J connectivity index is 0.00000180. The zero-order chi connectivity index (χ0) is 13.0. The van der Waals surface area contributed by atoms with Crippen molar-refractivity contribution in [1.82, 2.24) is 15.6 Å². The highest BCUT2D eigenvalue weighted by Gasteiger charge is 2.25. The van der Waals surface area contributed by atoms with Gasteiger partial charge >= 0.3 is 0 Å². The second-order valence-electron chi connectivity index (χ2n) is 5.09. The second kappa shape index (κ2) is 9.16. The fraction of sp³-hybridized carbons (Fsp3) is 0.571. The van der Waals surface area contributed by atoms with E-state index < -0.39 is 0 Å². The summed E-state index contributed by atoms with van der Waals surface area (Å²) >= 11 is 0. The van der Waals surface area contributed by atoms with Crippen molar-refractivity contribution in [3.8, 4) is 0 Å². The molecule has 20 heavy (non-hydrogen) atoms. The van der Waals surface area contributed by atoms with Crippen LogP contribution in [-0.4, -0.2) is 30.0 Å². The van der Waals surface area contributed by atoms with Crippen molar-refractivity contribution in [2.75, 3.05) is 13.1 Å². The lowest BCUT2D eigenvalue weighted by atomic mass is 9.93. The molecule has 1 aromatic rings. The molecule has 0 radical (unpaired) electrons. The number of carbonyl (C=O) groups excluding carboxylic acids is 1. The minimum atomic E-state index is -0.146. The number of nitrogens with one attached hydrogen (secondary N) is 2. The van der Waals surface area contributed by atoms with Gasteiger partial charge in [-0.3, -0.25) is 9.78 Å². The van der Waals surface area contributed by atoms with Crippen LogP contribution in [0, 0.1) is 5.92 Å². The van der Waals surface area contributed by atoms with Gasteiger partial charge in [-0.2, -0.15) is 0 Å². The van der Waals surface area contributed by atoms with Crippen LogP contribution in [0.15, 0.2) is 24.5 Å². The second-order valence-corrected chi connectivity index (χ2v) is 5.09. The summed E-state index contributed by atoms with van der Waals surface area (Å²) in [5, 5.41) is 6.46. The summed E-state index contributed by atoms with van der Waals surface area (Å²) in [6.45, 7) is 6.03. The number of piperidine rings is 1. The molecule has 1 aliphatic rings. The Morgan fingerprint density at radius 2 is 2.25 bits per heavy atom. The number of carbonyl (C=O) groups is 1. The Hall–Kier alpha value is -0.840. The van der Waals surface area contributed by atoms with E-state index in [2.05, 4.69) is 22.5 Å². The Morgan fingerprint density at radius 1 is 1.50 bits per heavy atom. The zero-order valence-electron chi connectivity index (χ0n) is 11.8. The number of hydrogen-bond acceptors (Lipinski definition) is 3. The van der Waals surface area contributed by atoms with E-state index in [1.54, 1.807) is 12.4 Å². The van der Waals surface area contributed by atoms with Crippen molar-refractivity contribution in [3.05, 3.63) is 30.1 Å². The van der Waals surface area contributed by atoms with E-state index in [0.29, 0.717) is 5.92 Å². The first kappa shape index (κ1) is 19.2. The summed E-state index contributed by atoms with van der Waals surface area (Å²) in [7, 11) is 0. The maximum atomic E-state index is 12.2. The Labute approximate surface area is 132 Å². The van der Waals surface area contributed by atoms with Gasteiger partial charge in [0.25, 0.3) is 0 Å². The molecule has 0 saturated carbocycles. The molecule has 1 amide bonds. The lowest BCUT2D eigenvalue weighted by Gasteiger charge is -2.31. The van der Waals surface area contributed by atoms with E-state index in [0.717, 1.165) is 25.1 Å². The van der Waals surface area contributed by atoms with Gasteiger partial charge in [0.05, 0.1) is 5.92 Å². The van der Waals surface area contributed by atoms with Gasteiger partial charge in [0, 0.05) is 25.0 Å². The highest BCUT2D eigenvalue weighted by atomic mass is 35.5. The number of halogens is 2. The van der Waals surface area contributed by atoms with Gasteiger partial charge in [-0.25, -0.2) is 0 Å². The molecule has 0 spiro atoms. The van der Waals surface area contributed by atoms with Gasteiger partial charge in [-0.1, -0.05) is 13.0 Å². The molecule has 2 heterocycles. The fourth-order valence-electron chi connectivity index (χ4n) is 2.27. The lowest BCUT2D eigenvalue weighted by Crippen LogP contribution is -2.51. The van der Waals surface area contributed by atoms with Gasteiger partial charge < -0.3 is 10.6 Å². The molecule has 1 aliphatic heterocycles. The molecule has 4 nitrogen and oxygen atoms in total. The largest absolute Gasteiger partial charge is 0.351 e. The third-order valence-electron chi connectivity index (χ3n) is 3.73. The third-order valence-corrected chi connectivity index (χ3v) is 3.73. The minimum absolute atomic E-state index is 0. The molecule has 2 N–H and O–H groups in total. The highest BCUT2D eigenvalue weighted by Crippen LogP contribution is 2.16. The average molecular weight is 320 g/mol. The maximum absolute atomic E-state index is 12.2. The summed E-state index contributed by atoms with van der Waals surface area (Å²) in [5.41, 5.74) is 0.964. The molecule has 3 atom stereocenters. The molecule has 1 aromatic heterocycles. The molecule has 1 fully saturated rings. The number of amides is 1. The van der Waals surface area contributed by atoms with Crippen LogP contribution in [0.4, 0.5) is 0 Å². The lowest BCUT2D eigenvalue weighted by molar-refractivity contribution is -0.123. The molecular formula is C14H23Cl2N3O. The average Bonchev–Trinajstić information content (AvgIpc) is 2.41. The predicted molar refractivity (Wildman–Crippen MR) is 85.7 cm³/mol. The molecule has 2 rings (SSSR count). The van der Waals surface area contributed by atoms with Crippen molar-refractivity contribution in [1.29, 1.82) is 0 Å². The van der Waals surface area contributed by atoms with Gasteiger partial charge in [0.2, 0.25) is 5.91 Å². The van der Waals surface area contributed by atoms with E-state index in [-0.39, 0.29) is 42.7 Å². The topological polar surface area (TPSA) is 54.0 Å². The monoisotopic (exact) mass is 319 g/mol. The summed E-state index contributed by atoms with van der Waals surface area (Å²) in [5.74, 6) is 0.479.